The first-order valence-electron chi connectivity index (χ1n) is 5.91. The highest BCUT2D eigenvalue weighted by Crippen LogP contribution is 2.26. The second-order valence-electron chi connectivity index (χ2n) is 4.24. The molecule has 0 amide bonds. The first-order valence-corrected chi connectivity index (χ1v) is 6.67. The van der Waals surface area contributed by atoms with E-state index in [4.69, 9.17) is 27.9 Å². The SMILES string of the molecule is C[C@@H](O)c1cccc(OCc2c(Cl)cccc2Cl)c1. The van der Waals surface area contributed by atoms with Crippen LogP contribution in [-0.2, 0) is 6.61 Å². The highest BCUT2D eigenvalue weighted by molar-refractivity contribution is 6.35. The summed E-state index contributed by atoms with van der Waals surface area (Å²) >= 11 is 12.1. The maximum absolute atomic E-state index is 9.52. The van der Waals surface area contributed by atoms with Crippen molar-refractivity contribution in [3.05, 3.63) is 63.6 Å². The van der Waals surface area contributed by atoms with Crippen LogP contribution in [0.3, 0.4) is 0 Å². The van der Waals surface area contributed by atoms with E-state index in [9.17, 15) is 5.11 Å². The molecule has 0 saturated heterocycles. The molecule has 19 heavy (non-hydrogen) atoms. The molecule has 0 saturated carbocycles. The Balaban J connectivity index is 2.12. The van der Waals surface area contributed by atoms with Crippen molar-refractivity contribution in [2.24, 2.45) is 0 Å². The van der Waals surface area contributed by atoms with E-state index in [1.165, 1.54) is 0 Å². The lowest BCUT2D eigenvalue weighted by Gasteiger charge is -2.11. The molecule has 2 aromatic carbocycles. The lowest BCUT2D eigenvalue weighted by atomic mass is 10.1. The molecule has 0 aliphatic rings. The molecule has 1 N–H and O–H groups in total. The van der Waals surface area contributed by atoms with E-state index in [2.05, 4.69) is 0 Å². The van der Waals surface area contributed by atoms with Gasteiger partial charge in [-0.2, -0.15) is 0 Å². The zero-order valence-electron chi connectivity index (χ0n) is 10.4. The van der Waals surface area contributed by atoms with Crippen molar-refractivity contribution in [1.82, 2.24) is 0 Å². The van der Waals surface area contributed by atoms with Gasteiger partial charge in [-0.05, 0) is 36.8 Å². The predicted octanol–water partition coefficient (Wildman–Crippen LogP) is 4.63. The van der Waals surface area contributed by atoms with Crippen molar-refractivity contribution < 1.29 is 9.84 Å². The Morgan fingerprint density at radius 2 is 1.74 bits per heavy atom. The number of aliphatic hydroxyl groups is 1. The molecule has 0 unspecified atom stereocenters. The van der Waals surface area contributed by atoms with Crippen molar-refractivity contribution in [2.75, 3.05) is 0 Å². The zero-order chi connectivity index (χ0) is 13.8. The van der Waals surface area contributed by atoms with Crippen LogP contribution in [0.1, 0.15) is 24.2 Å². The molecule has 0 aromatic heterocycles. The maximum Gasteiger partial charge on any atom is 0.120 e. The van der Waals surface area contributed by atoms with Gasteiger partial charge in [0.2, 0.25) is 0 Å². The number of hydrogen-bond acceptors (Lipinski definition) is 2. The second-order valence-corrected chi connectivity index (χ2v) is 5.05. The Labute approximate surface area is 122 Å². The van der Waals surface area contributed by atoms with Gasteiger partial charge in [0.1, 0.15) is 12.4 Å². The average molecular weight is 297 g/mol. The smallest absolute Gasteiger partial charge is 0.120 e. The highest BCUT2D eigenvalue weighted by Gasteiger charge is 2.07. The van der Waals surface area contributed by atoms with E-state index in [1.807, 2.05) is 18.2 Å². The number of ether oxygens (including phenoxy) is 1. The quantitative estimate of drug-likeness (QED) is 0.891. The topological polar surface area (TPSA) is 29.5 Å². The zero-order valence-corrected chi connectivity index (χ0v) is 11.9. The van der Waals surface area contributed by atoms with Crippen LogP contribution in [-0.4, -0.2) is 5.11 Å². The average Bonchev–Trinajstić information content (AvgIpc) is 2.38. The van der Waals surface area contributed by atoms with Crippen LogP contribution in [0.2, 0.25) is 10.0 Å². The molecule has 1 atom stereocenters. The molecule has 2 aromatic rings. The number of halogens is 2. The van der Waals surface area contributed by atoms with Gasteiger partial charge in [0.05, 0.1) is 6.10 Å². The molecule has 2 rings (SSSR count). The normalized spacial score (nSPS) is 12.2. The van der Waals surface area contributed by atoms with E-state index >= 15 is 0 Å². The van der Waals surface area contributed by atoms with Gasteiger partial charge in [0, 0.05) is 15.6 Å². The van der Waals surface area contributed by atoms with Crippen LogP contribution >= 0.6 is 23.2 Å². The number of hydrogen-bond donors (Lipinski definition) is 1. The summed E-state index contributed by atoms with van der Waals surface area (Å²) in [6.07, 6.45) is -0.521. The first kappa shape index (κ1) is 14.2. The van der Waals surface area contributed by atoms with Crippen LogP contribution < -0.4 is 4.74 Å². The van der Waals surface area contributed by atoms with Crippen LogP contribution in [0.15, 0.2) is 42.5 Å². The molecule has 0 aliphatic carbocycles. The molecule has 2 nitrogen and oxygen atoms in total. The van der Waals surface area contributed by atoms with Gasteiger partial charge in [-0.1, -0.05) is 41.4 Å². The van der Waals surface area contributed by atoms with Crippen molar-refractivity contribution in [3.63, 3.8) is 0 Å². The fourth-order valence-electron chi connectivity index (χ4n) is 1.69. The molecule has 4 heteroatoms. The standard InChI is InChI=1S/C15H14Cl2O2/c1-10(18)11-4-2-5-12(8-11)19-9-13-14(16)6-3-7-15(13)17/h2-8,10,18H,9H2,1H3/t10-/m1/s1. The molecule has 0 fully saturated rings. The Bertz CT molecular complexity index is 548. The Morgan fingerprint density at radius 3 is 2.37 bits per heavy atom. The molecule has 0 heterocycles. The minimum Gasteiger partial charge on any atom is -0.489 e. The van der Waals surface area contributed by atoms with Gasteiger partial charge in [-0.3, -0.25) is 0 Å². The largest absolute Gasteiger partial charge is 0.489 e. The lowest BCUT2D eigenvalue weighted by Crippen LogP contribution is -1.98. The second kappa shape index (κ2) is 6.29. The van der Waals surface area contributed by atoms with Crippen molar-refractivity contribution in [1.29, 1.82) is 0 Å². The molecule has 0 spiro atoms. The van der Waals surface area contributed by atoms with E-state index in [0.29, 0.717) is 22.4 Å². The van der Waals surface area contributed by atoms with Gasteiger partial charge >= 0.3 is 0 Å². The van der Waals surface area contributed by atoms with Crippen molar-refractivity contribution in [3.8, 4) is 5.75 Å². The molecular weight excluding hydrogens is 283 g/mol. The molecule has 0 bridgehead atoms. The summed E-state index contributed by atoms with van der Waals surface area (Å²) in [5.74, 6) is 0.675. The van der Waals surface area contributed by atoms with E-state index in [0.717, 1.165) is 11.1 Å². The third-order valence-electron chi connectivity index (χ3n) is 2.79. The van der Waals surface area contributed by atoms with Gasteiger partial charge in [0.25, 0.3) is 0 Å². The Morgan fingerprint density at radius 1 is 1.11 bits per heavy atom. The van der Waals surface area contributed by atoms with Crippen molar-refractivity contribution >= 4 is 23.2 Å². The summed E-state index contributed by atoms with van der Waals surface area (Å²) in [4.78, 5) is 0. The lowest BCUT2D eigenvalue weighted by molar-refractivity contribution is 0.198. The summed E-state index contributed by atoms with van der Waals surface area (Å²) in [7, 11) is 0. The fraction of sp³-hybridized carbons (Fsp3) is 0.200. The van der Waals surface area contributed by atoms with E-state index in [-0.39, 0.29) is 0 Å². The molecule has 0 radical (unpaired) electrons. The Kier molecular flexibility index (Phi) is 4.70. The molecule has 0 aliphatic heterocycles. The summed E-state index contributed by atoms with van der Waals surface area (Å²) in [6.45, 7) is 2.01. The predicted molar refractivity (Wildman–Crippen MR) is 77.9 cm³/mol. The van der Waals surface area contributed by atoms with E-state index in [1.54, 1.807) is 31.2 Å². The first-order chi connectivity index (χ1) is 9.08. The van der Waals surface area contributed by atoms with Gasteiger partial charge in [0.15, 0.2) is 0 Å². The number of benzene rings is 2. The van der Waals surface area contributed by atoms with E-state index < -0.39 is 6.10 Å². The third kappa shape index (κ3) is 3.63. The number of aliphatic hydroxyl groups excluding tert-OH is 1. The highest BCUT2D eigenvalue weighted by atomic mass is 35.5. The summed E-state index contributed by atoms with van der Waals surface area (Å²) < 4.78 is 5.66. The third-order valence-corrected chi connectivity index (χ3v) is 3.49. The monoisotopic (exact) mass is 296 g/mol. The number of rotatable bonds is 4. The van der Waals surface area contributed by atoms with Gasteiger partial charge in [-0.15, -0.1) is 0 Å². The minimum absolute atomic E-state index is 0.293. The van der Waals surface area contributed by atoms with Crippen LogP contribution in [0.5, 0.6) is 5.75 Å². The van der Waals surface area contributed by atoms with Crippen LogP contribution in [0.25, 0.3) is 0 Å². The Hall–Kier alpha value is -1.22. The summed E-state index contributed by atoms with van der Waals surface area (Å²) in [6, 6.07) is 12.7. The van der Waals surface area contributed by atoms with Crippen LogP contribution in [0, 0.1) is 0 Å². The minimum atomic E-state index is -0.521. The summed E-state index contributed by atoms with van der Waals surface area (Å²) in [5, 5.41) is 10.7. The molecule has 100 valence electrons. The summed E-state index contributed by atoms with van der Waals surface area (Å²) in [5.41, 5.74) is 1.57. The molecular formula is C15H14Cl2O2. The maximum atomic E-state index is 9.52. The van der Waals surface area contributed by atoms with Gasteiger partial charge in [-0.25, -0.2) is 0 Å². The fourth-order valence-corrected chi connectivity index (χ4v) is 2.20. The van der Waals surface area contributed by atoms with Crippen LogP contribution in [0.4, 0.5) is 0 Å². The van der Waals surface area contributed by atoms with Gasteiger partial charge < -0.3 is 9.84 Å². The van der Waals surface area contributed by atoms with Crippen molar-refractivity contribution in [2.45, 2.75) is 19.6 Å².